The quantitative estimate of drug-likeness (QED) is 0.462. The molecule has 8 heteroatoms. The maximum Gasteiger partial charge on any atom is 0.300 e. The summed E-state index contributed by atoms with van der Waals surface area (Å²) in [6.07, 6.45) is 0. The molecule has 6 N–H and O–H groups in total. The molecule has 0 fully saturated rings. The zero-order valence-electron chi connectivity index (χ0n) is 8.08. The van der Waals surface area contributed by atoms with Crippen LogP contribution >= 0.6 is 0 Å². The van der Waals surface area contributed by atoms with Crippen LogP contribution < -0.4 is 6.15 Å². The molecule has 14 heavy (non-hydrogen) atoms. The van der Waals surface area contributed by atoms with Crippen LogP contribution in [0.25, 0.3) is 0 Å². The van der Waals surface area contributed by atoms with E-state index in [-0.39, 0.29) is 23.2 Å². The molecule has 0 unspecified atom stereocenters. The standard InChI is InChI=1S/3C2H4O2.Cu.H3N/c3*1-2(3)4;;/h3*1H3,(H,3,4);;1H3. The van der Waals surface area contributed by atoms with Crippen molar-refractivity contribution in [3.8, 4) is 0 Å². The Kier molecular flexibility index (Phi) is 47.4. The van der Waals surface area contributed by atoms with E-state index in [0.29, 0.717) is 0 Å². The fourth-order valence-corrected chi connectivity index (χ4v) is 0. The Morgan fingerprint density at radius 2 is 0.714 bits per heavy atom. The van der Waals surface area contributed by atoms with Gasteiger partial charge in [0, 0.05) is 37.8 Å². The van der Waals surface area contributed by atoms with E-state index in [0.717, 1.165) is 20.8 Å². The van der Waals surface area contributed by atoms with E-state index in [9.17, 15) is 0 Å². The second-order valence-electron chi connectivity index (χ2n) is 1.56. The molecule has 0 bridgehead atoms. The van der Waals surface area contributed by atoms with E-state index < -0.39 is 17.9 Å². The molecule has 0 spiro atoms. The molecule has 0 saturated heterocycles. The second kappa shape index (κ2) is 22.7. The number of carboxylic acid groups (broad SMARTS) is 3. The molecule has 0 aliphatic carbocycles. The number of carboxylic acids is 3. The Morgan fingerprint density at radius 1 is 0.714 bits per heavy atom. The molecule has 1 radical (unpaired) electrons. The van der Waals surface area contributed by atoms with E-state index >= 15 is 0 Å². The van der Waals surface area contributed by atoms with Crippen LogP contribution in [-0.4, -0.2) is 33.2 Å². The summed E-state index contributed by atoms with van der Waals surface area (Å²) in [6.45, 7) is 3.25. The first-order valence-electron chi connectivity index (χ1n) is 2.78. The molecule has 0 rings (SSSR count). The van der Waals surface area contributed by atoms with Crippen molar-refractivity contribution in [2.24, 2.45) is 0 Å². The number of aliphatic carboxylic acids is 3. The molecular weight excluding hydrogens is 246 g/mol. The van der Waals surface area contributed by atoms with E-state index in [1.165, 1.54) is 0 Å². The minimum atomic E-state index is -0.833. The van der Waals surface area contributed by atoms with Gasteiger partial charge in [0.05, 0.1) is 0 Å². The van der Waals surface area contributed by atoms with Crippen molar-refractivity contribution < 1.29 is 46.8 Å². The zero-order valence-corrected chi connectivity index (χ0v) is 9.02. The summed E-state index contributed by atoms with van der Waals surface area (Å²) in [7, 11) is 0. The van der Waals surface area contributed by atoms with Crippen LogP contribution in [-0.2, 0) is 31.5 Å². The van der Waals surface area contributed by atoms with E-state index in [2.05, 4.69) is 0 Å². The van der Waals surface area contributed by atoms with E-state index in [1.807, 2.05) is 0 Å². The van der Waals surface area contributed by atoms with E-state index in [4.69, 9.17) is 29.7 Å². The first-order valence-corrected chi connectivity index (χ1v) is 2.78. The Balaban J connectivity index is -0.0000000270. The van der Waals surface area contributed by atoms with Crippen molar-refractivity contribution >= 4 is 17.9 Å². The summed E-state index contributed by atoms with van der Waals surface area (Å²) in [6, 6.07) is 0. The summed E-state index contributed by atoms with van der Waals surface area (Å²) in [4.78, 5) is 27.0. The average Bonchev–Trinajstić information content (AvgIpc) is 1.54. The fraction of sp³-hybridized carbons (Fsp3) is 0.500. The van der Waals surface area contributed by atoms with Crippen LogP contribution in [0.5, 0.6) is 0 Å². The molecular formula is C6H15CuNO6. The van der Waals surface area contributed by atoms with Crippen molar-refractivity contribution in [2.75, 3.05) is 0 Å². The SMILES string of the molecule is CC(=O)O.CC(=O)O.CC(=O)O.N.[Cu]. The Labute approximate surface area is 92.2 Å². The van der Waals surface area contributed by atoms with Gasteiger partial charge in [0.15, 0.2) is 0 Å². The molecule has 91 valence electrons. The van der Waals surface area contributed by atoms with Gasteiger partial charge < -0.3 is 21.5 Å². The van der Waals surface area contributed by atoms with Crippen molar-refractivity contribution in [3.05, 3.63) is 0 Å². The number of hydrogen-bond acceptors (Lipinski definition) is 4. The van der Waals surface area contributed by atoms with Crippen molar-refractivity contribution in [3.63, 3.8) is 0 Å². The number of rotatable bonds is 0. The third kappa shape index (κ3) is 864. The molecule has 7 nitrogen and oxygen atoms in total. The van der Waals surface area contributed by atoms with Crippen molar-refractivity contribution in [1.82, 2.24) is 6.15 Å². The third-order valence-corrected chi connectivity index (χ3v) is 0. The minimum Gasteiger partial charge on any atom is -0.481 e. The molecule has 0 aromatic carbocycles. The monoisotopic (exact) mass is 260 g/mol. The molecule has 0 aliphatic heterocycles. The normalized spacial score (nSPS) is 5.36. The number of hydrogen-bond donors (Lipinski definition) is 4. The van der Waals surface area contributed by atoms with Crippen molar-refractivity contribution in [2.45, 2.75) is 20.8 Å². The first kappa shape index (κ1) is 29.3. The average molecular weight is 261 g/mol. The Hall–Kier alpha value is -1.11. The Bertz CT molecular complexity index is 120. The van der Waals surface area contributed by atoms with Gasteiger partial charge in [-0.3, -0.25) is 14.4 Å². The van der Waals surface area contributed by atoms with Crippen LogP contribution in [0.4, 0.5) is 0 Å². The van der Waals surface area contributed by atoms with Gasteiger partial charge in [0.25, 0.3) is 17.9 Å². The summed E-state index contributed by atoms with van der Waals surface area (Å²) in [5, 5.41) is 22.2. The van der Waals surface area contributed by atoms with Crippen molar-refractivity contribution in [1.29, 1.82) is 0 Å². The molecule has 0 heterocycles. The van der Waals surface area contributed by atoms with Gasteiger partial charge in [0.2, 0.25) is 0 Å². The zero-order chi connectivity index (χ0) is 10.7. The fourth-order valence-electron chi connectivity index (χ4n) is 0. The molecule has 0 atom stereocenters. The van der Waals surface area contributed by atoms with Crippen LogP contribution in [0.1, 0.15) is 20.8 Å². The van der Waals surface area contributed by atoms with Crippen LogP contribution in [0.3, 0.4) is 0 Å². The minimum absolute atomic E-state index is 0. The summed E-state index contributed by atoms with van der Waals surface area (Å²) in [5.74, 6) is -2.50. The molecule has 0 saturated carbocycles. The maximum atomic E-state index is 9.00. The van der Waals surface area contributed by atoms with Gasteiger partial charge in [-0.2, -0.15) is 0 Å². The van der Waals surface area contributed by atoms with Gasteiger partial charge >= 0.3 is 0 Å². The van der Waals surface area contributed by atoms with Gasteiger partial charge in [0.1, 0.15) is 0 Å². The summed E-state index contributed by atoms with van der Waals surface area (Å²) >= 11 is 0. The van der Waals surface area contributed by atoms with Gasteiger partial charge in [-0.25, -0.2) is 0 Å². The van der Waals surface area contributed by atoms with Gasteiger partial charge in [-0.15, -0.1) is 0 Å². The van der Waals surface area contributed by atoms with Gasteiger partial charge in [-0.05, 0) is 0 Å². The second-order valence-corrected chi connectivity index (χ2v) is 1.56. The van der Waals surface area contributed by atoms with Gasteiger partial charge in [-0.1, -0.05) is 0 Å². The summed E-state index contributed by atoms with van der Waals surface area (Å²) in [5.41, 5.74) is 0. The third-order valence-electron chi connectivity index (χ3n) is 0. The topological polar surface area (TPSA) is 147 Å². The predicted molar refractivity (Wildman–Crippen MR) is 45.0 cm³/mol. The molecule has 0 amide bonds. The molecule has 0 aliphatic rings. The van der Waals surface area contributed by atoms with Crippen LogP contribution in [0.15, 0.2) is 0 Å². The maximum absolute atomic E-state index is 9.00. The summed E-state index contributed by atoms with van der Waals surface area (Å²) < 4.78 is 0. The number of carbonyl (C=O) groups is 3. The smallest absolute Gasteiger partial charge is 0.300 e. The van der Waals surface area contributed by atoms with E-state index in [1.54, 1.807) is 0 Å². The largest absolute Gasteiger partial charge is 0.481 e. The molecule has 0 aromatic heterocycles. The predicted octanol–water partition coefficient (Wildman–Crippen LogP) is 0.432. The van der Waals surface area contributed by atoms with Crippen LogP contribution in [0, 0.1) is 0 Å². The molecule has 0 aromatic rings. The first-order chi connectivity index (χ1) is 5.20. The Morgan fingerprint density at radius 3 is 0.714 bits per heavy atom. The van der Waals surface area contributed by atoms with Crippen LogP contribution in [0.2, 0.25) is 0 Å².